The fourth-order valence-electron chi connectivity index (χ4n) is 1.90. The first-order valence-electron chi connectivity index (χ1n) is 6.45. The van der Waals surface area contributed by atoms with Gasteiger partial charge in [-0.15, -0.1) is 0 Å². The number of ether oxygens (including phenoxy) is 2. The number of nitrogens with one attached hydrogen (secondary N) is 2. The second kappa shape index (κ2) is 6.49. The van der Waals surface area contributed by atoms with Crippen LogP contribution in [0.2, 0.25) is 0 Å². The average Bonchev–Trinajstić information content (AvgIpc) is 2.84. The van der Waals surface area contributed by atoms with Gasteiger partial charge in [0.15, 0.2) is 5.65 Å². The summed E-state index contributed by atoms with van der Waals surface area (Å²) < 4.78 is 11.7. The van der Waals surface area contributed by atoms with Gasteiger partial charge in [-0.1, -0.05) is 6.92 Å². The Morgan fingerprint density at radius 2 is 2.05 bits per heavy atom. The van der Waals surface area contributed by atoms with Crippen molar-refractivity contribution < 1.29 is 9.47 Å². The molecule has 8 nitrogen and oxygen atoms in total. The zero-order valence-electron chi connectivity index (χ0n) is 11.6. The normalized spacial score (nSPS) is 11.3. The molecular formula is C12H18N4O4. The molecule has 0 bridgehead atoms. The smallest absolute Gasteiger partial charge is 0.330 e. The minimum absolute atomic E-state index is 0.234. The quantitative estimate of drug-likeness (QED) is 0.695. The van der Waals surface area contributed by atoms with Gasteiger partial charge in [0, 0.05) is 13.7 Å². The molecule has 0 unspecified atom stereocenters. The van der Waals surface area contributed by atoms with E-state index in [0.717, 1.165) is 6.42 Å². The molecule has 8 heteroatoms. The summed E-state index contributed by atoms with van der Waals surface area (Å²) in [7, 11) is 1.59. The largest absolute Gasteiger partial charge is 0.382 e. The van der Waals surface area contributed by atoms with Crippen LogP contribution < -0.4 is 11.2 Å². The molecule has 2 rings (SSSR count). The van der Waals surface area contributed by atoms with Gasteiger partial charge in [0.1, 0.15) is 17.9 Å². The number of nitrogens with zero attached hydrogens (tertiary/aromatic N) is 2. The summed E-state index contributed by atoms with van der Waals surface area (Å²) in [4.78, 5) is 32.9. The van der Waals surface area contributed by atoms with Crippen LogP contribution in [0.1, 0.15) is 19.2 Å². The SMILES string of the molecule is CCCn1c(=O)[nH]c(=O)c2[nH]c(COCCOC)nc21. The molecule has 0 aromatic carbocycles. The van der Waals surface area contributed by atoms with Crippen molar-refractivity contribution in [3.05, 3.63) is 26.7 Å². The Kier molecular flexibility index (Phi) is 4.70. The number of H-pyrrole nitrogens is 2. The van der Waals surface area contributed by atoms with E-state index < -0.39 is 11.2 Å². The van der Waals surface area contributed by atoms with E-state index in [0.29, 0.717) is 36.7 Å². The molecule has 0 saturated heterocycles. The molecule has 0 aliphatic rings. The van der Waals surface area contributed by atoms with Gasteiger partial charge < -0.3 is 14.5 Å². The average molecular weight is 282 g/mol. The number of hydrogen-bond donors (Lipinski definition) is 2. The highest BCUT2D eigenvalue weighted by Gasteiger charge is 2.12. The van der Waals surface area contributed by atoms with Crippen LogP contribution in [0.3, 0.4) is 0 Å². The van der Waals surface area contributed by atoms with Crippen molar-refractivity contribution in [3.63, 3.8) is 0 Å². The van der Waals surface area contributed by atoms with Crippen molar-refractivity contribution in [1.29, 1.82) is 0 Å². The highest BCUT2D eigenvalue weighted by Crippen LogP contribution is 2.06. The Morgan fingerprint density at radius 1 is 1.25 bits per heavy atom. The van der Waals surface area contributed by atoms with Gasteiger partial charge >= 0.3 is 5.69 Å². The van der Waals surface area contributed by atoms with E-state index >= 15 is 0 Å². The first-order valence-corrected chi connectivity index (χ1v) is 6.45. The zero-order valence-corrected chi connectivity index (χ0v) is 11.6. The summed E-state index contributed by atoms with van der Waals surface area (Å²) >= 11 is 0. The third-order valence-corrected chi connectivity index (χ3v) is 2.80. The first-order chi connectivity index (χ1) is 9.67. The van der Waals surface area contributed by atoms with Crippen molar-refractivity contribution in [3.8, 4) is 0 Å². The lowest BCUT2D eigenvalue weighted by molar-refractivity contribution is 0.0590. The van der Waals surface area contributed by atoms with Crippen LogP contribution >= 0.6 is 0 Å². The molecule has 2 aromatic rings. The fourth-order valence-corrected chi connectivity index (χ4v) is 1.90. The minimum Gasteiger partial charge on any atom is -0.382 e. The van der Waals surface area contributed by atoms with Gasteiger partial charge in [-0.2, -0.15) is 0 Å². The lowest BCUT2D eigenvalue weighted by Crippen LogP contribution is -2.30. The monoisotopic (exact) mass is 282 g/mol. The van der Waals surface area contributed by atoms with E-state index in [-0.39, 0.29) is 6.61 Å². The van der Waals surface area contributed by atoms with Gasteiger partial charge in [0.05, 0.1) is 13.2 Å². The third kappa shape index (κ3) is 2.97. The van der Waals surface area contributed by atoms with Crippen LogP contribution in [0.4, 0.5) is 0 Å². The van der Waals surface area contributed by atoms with E-state index in [1.54, 1.807) is 7.11 Å². The maximum absolute atomic E-state index is 11.8. The molecule has 2 N–H and O–H groups in total. The molecule has 2 heterocycles. The van der Waals surface area contributed by atoms with E-state index in [2.05, 4.69) is 15.0 Å². The maximum Gasteiger partial charge on any atom is 0.330 e. The summed E-state index contributed by atoms with van der Waals surface area (Å²) in [6.45, 7) is 3.61. The number of aromatic nitrogens is 4. The summed E-state index contributed by atoms with van der Waals surface area (Å²) in [5.41, 5.74) is -0.245. The number of fused-ring (bicyclic) bond motifs is 1. The molecule has 0 amide bonds. The van der Waals surface area contributed by atoms with Crippen molar-refractivity contribution in [2.24, 2.45) is 0 Å². The van der Waals surface area contributed by atoms with Crippen LogP contribution in [-0.2, 0) is 22.6 Å². The highest BCUT2D eigenvalue weighted by molar-refractivity contribution is 5.69. The Balaban J connectivity index is 2.32. The van der Waals surface area contributed by atoms with Crippen molar-refractivity contribution >= 4 is 11.2 Å². The van der Waals surface area contributed by atoms with Gasteiger partial charge in [0.2, 0.25) is 0 Å². The number of imidazole rings is 1. The van der Waals surface area contributed by atoms with Gasteiger partial charge in [0.25, 0.3) is 5.56 Å². The Labute approximate surface area is 114 Å². The molecule has 20 heavy (non-hydrogen) atoms. The number of methoxy groups -OCH3 is 1. The summed E-state index contributed by atoms with van der Waals surface area (Å²) in [6.07, 6.45) is 0.771. The molecule has 0 radical (unpaired) electrons. The zero-order chi connectivity index (χ0) is 14.5. The summed E-state index contributed by atoms with van der Waals surface area (Å²) in [6, 6.07) is 0. The van der Waals surface area contributed by atoms with E-state index in [9.17, 15) is 9.59 Å². The third-order valence-electron chi connectivity index (χ3n) is 2.80. The van der Waals surface area contributed by atoms with E-state index in [1.807, 2.05) is 6.92 Å². The summed E-state index contributed by atoms with van der Waals surface area (Å²) in [5, 5.41) is 0. The lowest BCUT2D eigenvalue weighted by atomic mass is 10.4. The minimum atomic E-state index is -0.465. The Morgan fingerprint density at radius 3 is 2.75 bits per heavy atom. The maximum atomic E-state index is 11.8. The second-order valence-corrected chi connectivity index (χ2v) is 4.34. The molecule has 0 fully saturated rings. The predicted octanol–water partition coefficient (Wildman–Crippen LogP) is -0.0141. The van der Waals surface area contributed by atoms with Crippen LogP contribution in [0.15, 0.2) is 9.59 Å². The summed E-state index contributed by atoms with van der Waals surface area (Å²) in [5.74, 6) is 0.511. The molecule has 2 aromatic heterocycles. The van der Waals surface area contributed by atoms with Gasteiger partial charge in [-0.25, -0.2) is 9.78 Å². The molecule has 0 atom stereocenters. The standard InChI is InChI=1S/C12H18N4O4/c1-3-4-16-10-9(11(17)15-12(16)18)13-8(14-10)7-20-6-5-19-2/h3-7H2,1-2H3,(H,13,14)(H,15,17,18). The molecule has 110 valence electrons. The van der Waals surface area contributed by atoms with Crippen LogP contribution in [-0.4, -0.2) is 39.8 Å². The molecule has 0 saturated carbocycles. The van der Waals surface area contributed by atoms with Crippen LogP contribution in [0, 0.1) is 0 Å². The number of aryl methyl sites for hydroxylation is 1. The number of hydrogen-bond acceptors (Lipinski definition) is 5. The van der Waals surface area contributed by atoms with Gasteiger partial charge in [-0.3, -0.25) is 14.3 Å². The Bertz CT molecular complexity index is 685. The highest BCUT2D eigenvalue weighted by atomic mass is 16.5. The number of aromatic amines is 2. The molecule has 0 aliphatic carbocycles. The van der Waals surface area contributed by atoms with Crippen molar-refractivity contribution in [2.45, 2.75) is 26.5 Å². The van der Waals surface area contributed by atoms with Gasteiger partial charge in [-0.05, 0) is 6.42 Å². The van der Waals surface area contributed by atoms with Crippen molar-refractivity contribution in [1.82, 2.24) is 19.5 Å². The molecule has 0 spiro atoms. The fraction of sp³-hybridized carbons (Fsp3) is 0.583. The molecular weight excluding hydrogens is 264 g/mol. The van der Waals surface area contributed by atoms with E-state index in [4.69, 9.17) is 9.47 Å². The molecule has 0 aliphatic heterocycles. The second-order valence-electron chi connectivity index (χ2n) is 4.34. The van der Waals surface area contributed by atoms with Crippen molar-refractivity contribution in [2.75, 3.05) is 20.3 Å². The van der Waals surface area contributed by atoms with E-state index in [1.165, 1.54) is 4.57 Å². The Hall–Kier alpha value is -1.93. The number of rotatable bonds is 7. The predicted molar refractivity (Wildman–Crippen MR) is 72.8 cm³/mol. The van der Waals surface area contributed by atoms with Crippen LogP contribution in [0.25, 0.3) is 11.2 Å². The topological polar surface area (TPSA) is 102 Å². The van der Waals surface area contributed by atoms with Crippen LogP contribution in [0.5, 0.6) is 0 Å². The first kappa shape index (κ1) is 14.5. The lowest BCUT2D eigenvalue weighted by Gasteiger charge is -2.02.